The molecule has 0 radical (unpaired) electrons. The zero-order valence-electron chi connectivity index (χ0n) is 10.3. The minimum absolute atomic E-state index is 0.117. The minimum Gasteiger partial charge on any atom is -0.350 e. The fourth-order valence-corrected chi connectivity index (χ4v) is 3.10. The third kappa shape index (κ3) is 4.45. The van der Waals surface area contributed by atoms with Crippen molar-refractivity contribution in [3.8, 4) is 0 Å². The summed E-state index contributed by atoms with van der Waals surface area (Å²) in [5.74, 6) is -0.117. The van der Waals surface area contributed by atoms with E-state index in [1.54, 1.807) is 11.3 Å². The number of thiophene rings is 1. The molecule has 5 heteroatoms. The third-order valence-corrected chi connectivity index (χ3v) is 4.39. The van der Waals surface area contributed by atoms with Crippen LogP contribution in [0.3, 0.4) is 0 Å². The summed E-state index contributed by atoms with van der Waals surface area (Å²) < 4.78 is 1.04. The summed E-state index contributed by atoms with van der Waals surface area (Å²) >= 11 is 4.99. The molecule has 0 fully saturated rings. The molecule has 3 nitrogen and oxygen atoms in total. The normalized spacial score (nSPS) is 12.1. The van der Waals surface area contributed by atoms with E-state index in [0.29, 0.717) is 13.0 Å². The van der Waals surface area contributed by atoms with E-state index in [4.69, 9.17) is 5.73 Å². The van der Waals surface area contributed by atoms with Gasteiger partial charge in [-0.3, -0.25) is 4.79 Å². The van der Waals surface area contributed by atoms with Gasteiger partial charge in [0, 0.05) is 14.7 Å². The molecule has 0 spiro atoms. The van der Waals surface area contributed by atoms with E-state index in [9.17, 15) is 4.79 Å². The molecule has 0 saturated heterocycles. The summed E-state index contributed by atoms with van der Waals surface area (Å²) in [5, 5.41) is 4.85. The molecule has 19 heavy (non-hydrogen) atoms. The van der Waals surface area contributed by atoms with Crippen LogP contribution in [-0.4, -0.2) is 11.9 Å². The zero-order chi connectivity index (χ0) is 13.7. The van der Waals surface area contributed by atoms with Crippen molar-refractivity contribution in [3.63, 3.8) is 0 Å². The highest BCUT2D eigenvalue weighted by Gasteiger charge is 2.13. The number of carbonyl (C=O) groups excluding carboxylic acids is 1. The maximum absolute atomic E-state index is 11.9. The quantitative estimate of drug-likeness (QED) is 0.880. The van der Waals surface area contributed by atoms with Crippen LogP contribution < -0.4 is 11.1 Å². The maximum Gasteiger partial charge on any atom is 0.237 e. The highest BCUT2D eigenvalue weighted by molar-refractivity contribution is 9.10. The summed E-state index contributed by atoms with van der Waals surface area (Å²) in [7, 11) is 0. The van der Waals surface area contributed by atoms with E-state index in [2.05, 4.69) is 21.2 Å². The van der Waals surface area contributed by atoms with Crippen molar-refractivity contribution in [2.75, 3.05) is 0 Å². The van der Waals surface area contributed by atoms with Gasteiger partial charge in [-0.25, -0.2) is 0 Å². The number of hydrogen-bond acceptors (Lipinski definition) is 3. The largest absolute Gasteiger partial charge is 0.350 e. The van der Waals surface area contributed by atoms with Gasteiger partial charge in [0.05, 0.1) is 12.6 Å². The van der Waals surface area contributed by atoms with Crippen molar-refractivity contribution < 1.29 is 4.79 Å². The number of nitrogens with two attached hydrogens (primary N) is 1. The number of halogens is 1. The van der Waals surface area contributed by atoms with Gasteiger partial charge in [-0.1, -0.05) is 30.3 Å². The Labute approximate surface area is 125 Å². The number of nitrogens with one attached hydrogen (secondary N) is 1. The molecule has 1 amide bonds. The maximum atomic E-state index is 11.9. The van der Waals surface area contributed by atoms with Gasteiger partial charge in [0.25, 0.3) is 0 Å². The fraction of sp³-hybridized carbons (Fsp3) is 0.214. The lowest BCUT2D eigenvalue weighted by molar-refractivity contribution is -0.122. The fourth-order valence-electron chi connectivity index (χ4n) is 1.71. The van der Waals surface area contributed by atoms with E-state index in [-0.39, 0.29) is 5.91 Å². The molecule has 2 rings (SSSR count). The molecular weight excluding hydrogens is 324 g/mol. The smallest absolute Gasteiger partial charge is 0.237 e. The summed E-state index contributed by atoms with van der Waals surface area (Å²) in [4.78, 5) is 13.0. The monoisotopic (exact) mass is 338 g/mol. The topological polar surface area (TPSA) is 55.1 Å². The molecule has 1 aromatic carbocycles. The van der Waals surface area contributed by atoms with Crippen LogP contribution in [0.4, 0.5) is 0 Å². The van der Waals surface area contributed by atoms with Crippen molar-refractivity contribution in [3.05, 3.63) is 56.7 Å². The first-order chi connectivity index (χ1) is 9.15. The van der Waals surface area contributed by atoms with Crippen LogP contribution in [-0.2, 0) is 17.8 Å². The van der Waals surface area contributed by atoms with E-state index in [1.807, 2.05) is 41.8 Å². The van der Waals surface area contributed by atoms with Crippen LogP contribution in [0.25, 0.3) is 0 Å². The Hall–Kier alpha value is -1.17. The van der Waals surface area contributed by atoms with Crippen LogP contribution >= 0.6 is 27.3 Å². The Balaban J connectivity index is 1.82. The second-order valence-electron chi connectivity index (χ2n) is 4.25. The predicted octanol–water partition coefficient (Wildman–Crippen LogP) is 2.70. The highest BCUT2D eigenvalue weighted by Crippen LogP contribution is 2.19. The molecule has 1 aromatic heterocycles. The summed E-state index contributed by atoms with van der Waals surface area (Å²) in [6, 6.07) is 11.3. The first kappa shape index (κ1) is 14.2. The number of rotatable bonds is 5. The Morgan fingerprint density at radius 3 is 2.74 bits per heavy atom. The SMILES string of the molecule is N[C@H](Cc1ccccc1)C(=O)NCc1cc(Br)cs1. The Bertz CT molecular complexity index is 541. The van der Waals surface area contributed by atoms with Gasteiger partial charge >= 0.3 is 0 Å². The van der Waals surface area contributed by atoms with Crippen LogP contribution in [0.5, 0.6) is 0 Å². The van der Waals surface area contributed by atoms with Crippen molar-refractivity contribution >= 4 is 33.2 Å². The highest BCUT2D eigenvalue weighted by atomic mass is 79.9. The minimum atomic E-state index is -0.509. The average Bonchev–Trinajstić information content (AvgIpc) is 2.83. The van der Waals surface area contributed by atoms with Crippen molar-refractivity contribution in [1.82, 2.24) is 5.32 Å². The number of hydrogen-bond donors (Lipinski definition) is 2. The summed E-state index contributed by atoms with van der Waals surface area (Å²) in [5.41, 5.74) is 6.97. The second-order valence-corrected chi connectivity index (χ2v) is 6.16. The number of benzene rings is 1. The lowest BCUT2D eigenvalue weighted by Gasteiger charge is -2.11. The van der Waals surface area contributed by atoms with Gasteiger partial charge in [-0.2, -0.15) is 0 Å². The molecule has 1 atom stereocenters. The van der Waals surface area contributed by atoms with Crippen molar-refractivity contribution in [2.24, 2.45) is 5.73 Å². The molecule has 2 aromatic rings. The average molecular weight is 339 g/mol. The van der Waals surface area contributed by atoms with Gasteiger partial charge in [-0.15, -0.1) is 11.3 Å². The predicted molar refractivity (Wildman–Crippen MR) is 82.0 cm³/mol. The van der Waals surface area contributed by atoms with Gasteiger partial charge < -0.3 is 11.1 Å². The van der Waals surface area contributed by atoms with Gasteiger partial charge in [0.15, 0.2) is 0 Å². The van der Waals surface area contributed by atoms with Crippen LogP contribution in [0.1, 0.15) is 10.4 Å². The van der Waals surface area contributed by atoms with Gasteiger partial charge in [-0.05, 0) is 34.0 Å². The van der Waals surface area contributed by atoms with E-state index in [0.717, 1.165) is 14.9 Å². The molecular formula is C14H15BrN2OS. The molecule has 1 heterocycles. The number of carbonyl (C=O) groups is 1. The Kier molecular flexibility index (Phi) is 5.13. The molecule has 3 N–H and O–H groups in total. The zero-order valence-corrected chi connectivity index (χ0v) is 12.7. The standard InChI is InChI=1S/C14H15BrN2OS/c15-11-7-12(19-9-11)8-17-14(18)13(16)6-10-4-2-1-3-5-10/h1-5,7,9,13H,6,8,16H2,(H,17,18)/t13-/m1/s1. The van der Waals surface area contributed by atoms with Gasteiger partial charge in [0.2, 0.25) is 5.91 Å². The third-order valence-electron chi connectivity index (χ3n) is 2.69. The van der Waals surface area contributed by atoms with Crippen LogP contribution in [0.15, 0.2) is 46.3 Å². The molecule has 0 aliphatic heterocycles. The van der Waals surface area contributed by atoms with Crippen molar-refractivity contribution in [2.45, 2.75) is 19.0 Å². The number of amides is 1. The molecule has 100 valence electrons. The van der Waals surface area contributed by atoms with E-state index < -0.39 is 6.04 Å². The molecule has 0 bridgehead atoms. The first-order valence-electron chi connectivity index (χ1n) is 5.95. The molecule has 0 saturated carbocycles. The molecule has 0 aliphatic rings. The Morgan fingerprint density at radius 1 is 1.37 bits per heavy atom. The molecule has 0 aliphatic carbocycles. The van der Waals surface area contributed by atoms with Crippen LogP contribution in [0.2, 0.25) is 0 Å². The second kappa shape index (κ2) is 6.84. The molecule has 0 unspecified atom stereocenters. The summed E-state index contributed by atoms with van der Waals surface area (Å²) in [6.45, 7) is 0.525. The van der Waals surface area contributed by atoms with Gasteiger partial charge in [0.1, 0.15) is 0 Å². The lowest BCUT2D eigenvalue weighted by atomic mass is 10.1. The Morgan fingerprint density at radius 2 is 2.11 bits per heavy atom. The van der Waals surface area contributed by atoms with E-state index >= 15 is 0 Å². The van der Waals surface area contributed by atoms with E-state index in [1.165, 1.54) is 0 Å². The van der Waals surface area contributed by atoms with Crippen molar-refractivity contribution in [1.29, 1.82) is 0 Å². The lowest BCUT2D eigenvalue weighted by Crippen LogP contribution is -2.41. The first-order valence-corrected chi connectivity index (χ1v) is 7.62. The van der Waals surface area contributed by atoms with Crippen LogP contribution in [0, 0.1) is 0 Å². The summed E-state index contributed by atoms with van der Waals surface area (Å²) in [6.07, 6.45) is 0.556.